The Morgan fingerprint density at radius 1 is 1.09 bits per heavy atom. The average Bonchev–Trinajstić information content (AvgIpc) is 1.99. The van der Waals surface area contributed by atoms with Gasteiger partial charge in [-0.2, -0.15) is 0 Å². The lowest BCUT2D eigenvalue weighted by Gasteiger charge is -1.95. The molecule has 0 bridgehead atoms. The van der Waals surface area contributed by atoms with Gasteiger partial charge in [-0.25, -0.2) is 13.2 Å². The molecule has 0 unspecified atom stereocenters. The van der Waals surface area contributed by atoms with Gasteiger partial charge in [0.05, 0.1) is 0 Å². The second-order valence-electron chi connectivity index (χ2n) is 1.94. The number of benzene rings is 1. The van der Waals surface area contributed by atoms with Gasteiger partial charge in [0.2, 0.25) is 0 Å². The van der Waals surface area contributed by atoms with Gasteiger partial charge >= 0.3 is 0 Å². The molecule has 0 amide bonds. The maximum Gasteiger partial charge on any atom is 0.194 e. The SMILES string of the molecule is N=Cc1cc(F)c(F)c(F)c1. The first-order valence-electron chi connectivity index (χ1n) is 2.80. The van der Waals surface area contributed by atoms with Crippen LogP contribution in [0.5, 0.6) is 0 Å². The molecule has 58 valence electrons. The Morgan fingerprint density at radius 2 is 1.55 bits per heavy atom. The van der Waals surface area contributed by atoms with Gasteiger partial charge in [0, 0.05) is 6.21 Å². The highest BCUT2D eigenvalue weighted by Gasteiger charge is 2.08. The van der Waals surface area contributed by atoms with Crippen LogP contribution in [0.1, 0.15) is 5.56 Å². The Hall–Kier alpha value is -1.32. The third-order valence-corrected chi connectivity index (χ3v) is 1.17. The highest BCUT2D eigenvalue weighted by Crippen LogP contribution is 2.11. The zero-order chi connectivity index (χ0) is 8.43. The average molecular weight is 159 g/mol. The van der Waals surface area contributed by atoms with Crippen LogP contribution < -0.4 is 0 Å². The van der Waals surface area contributed by atoms with E-state index in [0.29, 0.717) is 0 Å². The van der Waals surface area contributed by atoms with Crippen LogP contribution in [-0.2, 0) is 0 Å². The van der Waals surface area contributed by atoms with Crippen LogP contribution >= 0.6 is 0 Å². The lowest BCUT2D eigenvalue weighted by Crippen LogP contribution is -1.92. The quantitative estimate of drug-likeness (QED) is 0.479. The van der Waals surface area contributed by atoms with E-state index < -0.39 is 17.5 Å². The van der Waals surface area contributed by atoms with Gasteiger partial charge in [0.25, 0.3) is 0 Å². The number of hydrogen-bond donors (Lipinski definition) is 1. The highest BCUT2D eigenvalue weighted by atomic mass is 19.2. The first kappa shape index (κ1) is 7.78. The zero-order valence-corrected chi connectivity index (χ0v) is 5.37. The van der Waals surface area contributed by atoms with Crippen molar-refractivity contribution in [3.05, 3.63) is 35.1 Å². The fourth-order valence-corrected chi connectivity index (χ4v) is 0.658. The predicted octanol–water partition coefficient (Wildman–Crippen LogP) is 2.10. The summed E-state index contributed by atoms with van der Waals surface area (Å²) in [5.74, 6) is -4.05. The molecule has 0 heterocycles. The van der Waals surface area contributed by atoms with Gasteiger partial charge in [0.15, 0.2) is 17.5 Å². The van der Waals surface area contributed by atoms with Gasteiger partial charge in [-0.05, 0) is 17.7 Å². The van der Waals surface area contributed by atoms with Crippen molar-refractivity contribution >= 4 is 6.21 Å². The second-order valence-corrected chi connectivity index (χ2v) is 1.94. The molecule has 0 spiro atoms. The van der Waals surface area contributed by atoms with Crippen LogP contribution in [0.25, 0.3) is 0 Å². The Morgan fingerprint density at radius 3 is 1.91 bits per heavy atom. The molecule has 0 aliphatic carbocycles. The highest BCUT2D eigenvalue weighted by molar-refractivity contribution is 5.76. The minimum atomic E-state index is -1.50. The van der Waals surface area contributed by atoms with Crippen LogP contribution in [0, 0.1) is 22.9 Å². The van der Waals surface area contributed by atoms with Gasteiger partial charge in [0.1, 0.15) is 0 Å². The van der Waals surface area contributed by atoms with Crippen LogP contribution in [0.3, 0.4) is 0 Å². The summed E-state index contributed by atoms with van der Waals surface area (Å²) in [5, 5.41) is 6.63. The van der Waals surface area contributed by atoms with E-state index in [9.17, 15) is 13.2 Å². The molecule has 1 aromatic rings. The number of nitrogens with one attached hydrogen (secondary N) is 1. The van der Waals surface area contributed by atoms with Crippen molar-refractivity contribution < 1.29 is 13.2 Å². The lowest BCUT2D eigenvalue weighted by atomic mass is 10.2. The van der Waals surface area contributed by atoms with E-state index in [1.54, 1.807) is 0 Å². The Labute approximate surface area is 61.0 Å². The van der Waals surface area contributed by atoms with Gasteiger partial charge < -0.3 is 5.41 Å². The van der Waals surface area contributed by atoms with E-state index in [4.69, 9.17) is 5.41 Å². The zero-order valence-electron chi connectivity index (χ0n) is 5.37. The van der Waals surface area contributed by atoms with Gasteiger partial charge in [-0.15, -0.1) is 0 Å². The molecule has 1 nitrogen and oxygen atoms in total. The van der Waals surface area contributed by atoms with Crippen molar-refractivity contribution in [1.82, 2.24) is 0 Å². The summed E-state index contributed by atoms with van der Waals surface area (Å²) >= 11 is 0. The summed E-state index contributed by atoms with van der Waals surface area (Å²) in [6.45, 7) is 0. The molecule has 11 heavy (non-hydrogen) atoms. The summed E-state index contributed by atoms with van der Waals surface area (Å²) in [5.41, 5.74) is 0.00130. The molecule has 0 aliphatic heterocycles. The summed E-state index contributed by atoms with van der Waals surface area (Å²) in [6.07, 6.45) is 0.742. The molecule has 1 aromatic carbocycles. The second kappa shape index (κ2) is 2.74. The number of halogens is 3. The molecule has 0 saturated heterocycles. The smallest absolute Gasteiger partial charge is 0.194 e. The third-order valence-electron chi connectivity index (χ3n) is 1.17. The minimum Gasteiger partial charge on any atom is -0.308 e. The first-order valence-corrected chi connectivity index (χ1v) is 2.80. The Balaban J connectivity index is 3.31. The fraction of sp³-hybridized carbons (Fsp3) is 0. The molecule has 1 N–H and O–H groups in total. The summed E-state index contributed by atoms with van der Waals surface area (Å²) in [7, 11) is 0. The summed E-state index contributed by atoms with van der Waals surface area (Å²) in [4.78, 5) is 0. The van der Waals surface area contributed by atoms with Crippen LogP contribution in [-0.4, -0.2) is 6.21 Å². The molecule has 4 heteroatoms. The monoisotopic (exact) mass is 159 g/mol. The fourth-order valence-electron chi connectivity index (χ4n) is 0.658. The van der Waals surface area contributed by atoms with Crippen molar-refractivity contribution in [2.24, 2.45) is 0 Å². The predicted molar refractivity (Wildman–Crippen MR) is 34.2 cm³/mol. The topological polar surface area (TPSA) is 23.9 Å². The van der Waals surface area contributed by atoms with E-state index in [0.717, 1.165) is 18.3 Å². The maximum atomic E-state index is 12.3. The van der Waals surface area contributed by atoms with Crippen molar-refractivity contribution in [3.8, 4) is 0 Å². The molecule has 0 aliphatic rings. The van der Waals surface area contributed by atoms with E-state index in [-0.39, 0.29) is 5.56 Å². The molecule has 1 rings (SSSR count). The van der Waals surface area contributed by atoms with Crippen LogP contribution in [0.2, 0.25) is 0 Å². The summed E-state index contributed by atoms with van der Waals surface area (Å²) in [6, 6.07) is 1.51. The van der Waals surface area contributed by atoms with E-state index in [2.05, 4.69) is 0 Å². The molecule has 0 saturated carbocycles. The van der Waals surface area contributed by atoms with Crippen molar-refractivity contribution in [2.45, 2.75) is 0 Å². The van der Waals surface area contributed by atoms with Crippen LogP contribution in [0.15, 0.2) is 12.1 Å². The Kier molecular flexibility index (Phi) is 1.94. The normalized spacial score (nSPS) is 9.73. The summed E-state index contributed by atoms with van der Waals surface area (Å²) < 4.78 is 36.8. The maximum absolute atomic E-state index is 12.3. The van der Waals surface area contributed by atoms with E-state index in [1.165, 1.54) is 0 Å². The number of rotatable bonds is 1. The first-order chi connectivity index (χ1) is 5.15. The van der Waals surface area contributed by atoms with Gasteiger partial charge in [-0.3, -0.25) is 0 Å². The molecule has 0 fully saturated rings. The van der Waals surface area contributed by atoms with Crippen molar-refractivity contribution in [1.29, 1.82) is 5.41 Å². The molecular formula is C7H4F3N. The Bertz CT molecular complexity index is 273. The molecule has 0 aromatic heterocycles. The van der Waals surface area contributed by atoms with Crippen molar-refractivity contribution in [3.63, 3.8) is 0 Å². The molecule has 0 atom stereocenters. The lowest BCUT2D eigenvalue weighted by molar-refractivity contribution is 0.447. The third kappa shape index (κ3) is 1.39. The standard InChI is InChI=1S/C7H4F3N/c8-5-1-4(3-11)2-6(9)7(5)10/h1-3,11H. The minimum absolute atomic E-state index is 0.00130. The van der Waals surface area contributed by atoms with E-state index in [1.807, 2.05) is 0 Å². The van der Waals surface area contributed by atoms with Gasteiger partial charge in [-0.1, -0.05) is 0 Å². The van der Waals surface area contributed by atoms with Crippen LogP contribution in [0.4, 0.5) is 13.2 Å². The van der Waals surface area contributed by atoms with Crippen molar-refractivity contribution in [2.75, 3.05) is 0 Å². The molecular weight excluding hydrogens is 155 g/mol. The molecule has 0 radical (unpaired) electrons. The number of hydrogen-bond acceptors (Lipinski definition) is 1. The largest absolute Gasteiger partial charge is 0.308 e. The van der Waals surface area contributed by atoms with E-state index >= 15 is 0 Å².